The van der Waals surface area contributed by atoms with Crippen LogP contribution < -0.4 is 0 Å². The average molecular weight is 311 g/mol. The van der Waals surface area contributed by atoms with E-state index in [1.165, 1.54) is 0 Å². The smallest absolute Gasteiger partial charge is 0.160 e. The Hall–Kier alpha value is -2.38. The number of fused-ring (bicyclic) bond motifs is 1. The lowest BCUT2D eigenvalue weighted by atomic mass is 10.1. The number of nitriles is 1. The van der Waals surface area contributed by atoms with Crippen LogP contribution in [0.4, 0.5) is 0 Å². The van der Waals surface area contributed by atoms with Gasteiger partial charge in [-0.2, -0.15) is 5.26 Å². The number of unbranched alkanes of at least 4 members (excludes halogenated alkanes) is 1. The third-order valence-corrected chi connectivity index (χ3v) is 3.81. The summed E-state index contributed by atoms with van der Waals surface area (Å²) in [6, 6.07) is 12.1. The van der Waals surface area contributed by atoms with Gasteiger partial charge >= 0.3 is 0 Å². The molecule has 0 saturated carbocycles. The van der Waals surface area contributed by atoms with Crippen LogP contribution in [0.1, 0.15) is 18.4 Å². The van der Waals surface area contributed by atoms with E-state index in [1.54, 1.807) is 6.20 Å². The third kappa shape index (κ3) is 2.68. The van der Waals surface area contributed by atoms with Gasteiger partial charge in [0, 0.05) is 24.7 Å². The van der Waals surface area contributed by atoms with E-state index in [4.69, 9.17) is 21.8 Å². The topological polar surface area (TPSA) is 54.5 Å². The van der Waals surface area contributed by atoms with Crippen LogP contribution in [0.3, 0.4) is 0 Å². The molecule has 0 unspecified atom stereocenters. The summed E-state index contributed by atoms with van der Waals surface area (Å²) in [5.74, 6) is 0.876. The quantitative estimate of drug-likeness (QED) is 0.673. The van der Waals surface area contributed by atoms with Crippen LogP contribution in [0.15, 0.2) is 36.5 Å². The SMILES string of the molecule is Cc1ccccc1-c1nc2cc(Cl)cnc2n1CCCC#N. The van der Waals surface area contributed by atoms with Crippen LogP contribution >= 0.6 is 11.6 Å². The molecular formula is C17H15ClN4. The highest BCUT2D eigenvalue weighted by atomic mass is 35.5. The van der Waals surface area contributed by atoms with Gasteiger partial charge in [-0.15, -0.1) is 0 Å². The van der Waals surface area contributed by atoms with Gasteiger partial charge in [-0.1, -0.05) is 35.9 Å². The van der Waals surface area contributed by atoms with Gasteiger partial charge in [0.05, 0.1) is 11.1 Å². The Morgan fingerprint density at radius 1 is 1.32 bits per heavy atom. The van der Waals surface area contributed by atoms with Crippen LogP contribution in [-0.4, -0.2) is 14.5 Å². The Labute approximate surface area is 134 Å². The molecule has 0 fully saturated rings. The van der Waals surface area contributed by atoms with E-state index in [0.717, 1.165) is 34.5 Å². The number of benzene rings is 1. The first-order valence-electron chi connectivity index (χ1n) is 7.15. The molecule has 5 heteroatoms. The van der Waals surface area contributed by atoms with Gasteiger partial charge in [-0.05, 0) is 25.0 Å². The van der Waals surface area contributed by atoms with Crippen LogP contribution in [0.25, 0.3) is 22.6 Å². The summed E-state index contributed by atoms with van der Waals surface area (Å²) in [6.45, 7) is 2.77. The molecule has 0 spiro atoms. The van der Waals surface area contributed by atoms with Crippen LogP contribution in [-0.2, 0) is 6.54 Å². The molecule has 110 valence electrons. The minimum absolute atomic E-state index is 0.514. The molecular weight excluding hydrogens is 296 g/mol. The molecule has 3 rings (SSSR count). The summed E-state index contributed by atoms with van der Waals surface area (Å²) in [4.78, 5) is 9.14. The van der Waals surface area contributed by atoms with E-state index in [2.05, 4.69) is 34.7 Å². The van der Waals surface area contributed by atoms with Crippen molar-refractivity contribution in [3.63, 3.8) is 0 Å². The second kappa shape index (κ2) is 6.17. The van der Waals surface area contributed by atoms with Gasteiger partial charge < -0.3 is 4.57 Å². The third-order valence-electron chi connectivity index (χ3n) is 3.61. The largest absolute Gasteiger partial charge is 0.309 e. The van der Waals surface area contributed by atoms with Crippen LogP contribution in [0.2, 0.25) is 5.02 Å². The fraction of sp³-hybridized carbons (Fsp3) is 0.235. The summed E-state index contributed by atoms with van der Waals surface area (Å²) in [6.07, 6.45) is 2.92. The first-order valence-corrected chi connectivity index (χ1v) is 7.53. The predicted octanol–water partition coefficient (Wildman–Crippen LogP) is 4.36. The summed E-state index contributed by atoms with van der Waals surface area (Å²) in [5, 5.41) is 9.34. The molecule has 2 heterocycles. The normalized spacial score (nSPS) is 10.8. The number of rotatable bonds is 4. The molecule has 0 atom stereocenters. The van der Waals surface area contributed by atoms with Gasteiger partial charge in [0.1, 0.15) is 11.3 Å². The molecule has 4 nitrogen and oxygen atoms in total. The number of aromatic nitrogens is 3. The van der Waals surface area contributed by atoms with Crippen molar-refractivity contribution < 1.29 is 0 Å². The zero-order valence-corrected chi connectivity index (χ0v) is 13.0. The standard InChI is InChI=1S/C17H15ClN4/c1-12-6-2-3-7-14(12)16-21-15-10-13(18)11-20-17(15)22(16)9-5-4-8-19/h2-3,6-7,10-11H,4-5,9H2,1H3. The van der Waals surface area contributed by atoms with Crippen molar-refractivity contribution in [2.45, 2.75) is 26.3 Å². The molecule has 22 heavy (non-hydrogen) atoms. The lowest BCUT2D eigenvalue weighted by Crippen LogP contribution is -2.02. The van der Waals surface area contributed by atoms with E-state index in [-0.39, 0.29) is 0 Å². The lowest BCUT2D eigenvalue weighted by molar-refractivity contribution is 0.670. The number of aryl methyl sites for hydroxylation is 2. The van der Waals surface area contributed by atoms with Crippen LogP contribution in [0, 0.1) is 18.3 Å². The molecule has 0 N–H and O–H groups in total. The number of imidazole rings is 1. The number of hydrogen-bond donors (Lipinski definition) is 0. The Morgan fingerprint density at radius 3 is 2.91 bits per heavy atom. The van der Waals surface area contributed by atoms with Crippen molar-refractivity contribution in [3.05, 3.63) is 47.1 Å². The highest BCUT2D eigenvalue weighted by Crippen LogP contribution is 2.27. The molecule has 0 saturated heterocycles. The Kier molecular flexibility index (Phi) is 4.08. The highest BCUT2D eigenvalue weighted by Gasteiger charge is 2.15. The molecule has 0 amide bonds. The molecule has 1 aromatic carbocycles. The molecule has 2 aromatic heterocycles. The van der Waals surface area contributed by atoms with E-state index >= 15 is 0 Å². The molecule has 0 bridgehead atoms. The van der Waals surface area contributed by atoms with Crippen molar-refractivity contribution in [1.29, 1.82) is 5.26 Å². The van der Waals surface area contributed by atoms with Gasteiger partial charge in [-0.3, -0.25) is 0 Å². The fourth-order valence-corrected chi connectivity index (χ4v) is 2.70. The van der Waals surface area contributed by atoms with E-state index in [0.29, 0.717) is 18.0 Å². The second-order valence-electron chi connectivity index (χ2n) is 5.16. The van der Waals surface area contributed by atoms with E-state index < -0.39 is 0 Å². The maximum Gasteiger partial charge on any atom is 0.160 e. The van der Waals surface area contributed by atoms with Crippen molar-refractivity contribution >= 4 is 22.8 Å². The van der Waals surface area contributed by atoms with Gasteiger partial charge in [0.15, 0.2) is 5.65 Å². The van der Waals surface area contributed by atoms with E-state index in [1.807, 2.05) is 18.2 Å². The first kappa shape index (κ1) is 14.6. The fourth-order valence-electron chi connectivity index (χ4n) is 2.54. The number of halogens is 1. The summed E-state index contributed by atoms with van der Waals surface area (Å²) >= 11 is 6.03. The number of pyridine rings is 1. The predicted molar refractivity (Wildman–Crippen MR) is 87.6 cm³/mol. The monoisotopic (exact) mass is 310 g/mol. The van der Waals surface area contributed by atoms with Gasteiger partial charge in [0.25, 0.3) is 0 Å². The molecule has 0 aliphatic rings. The minimum Gasteiger partial charge on any atom is -0.309 e. The number of hydrogen-bond acceptors (Lipinski definition) is 3. The highest BCUT2D eigenvalue weighted by molar-refractivity contribution is 6.31. The second-order valence-corrected chi connectivity index (χ2v) is 5.60. The summed E-state index contributed by atoms with van der Waals surface area (Å²) < 4.78 is 2.07. The summed E-state index contributed by atoms with van der Waals surface area (Å²) in [7, 11) is 0. The molecule has 0 aliphatic carbocycles. The van der Waals surface area contributed by atoms with Gasteiger partial charge in [0.2, 0.25) is 0 Å². The zero-order chi connectivity index (χ0) is 15.5. The van der Waals surface area contributed by atoms with Crippen molar-refractivity contribution in [1.82, 2.24) is 14.5 Å². The Bertz CT molecular complexity index is 861. The average Bonchev–Trinajstić information content (AvgIpc) is 2.85. The zero-order valence-electron chi connectivity index (χ0n) is 12.3. The van der Waals surface area contributed by atoms with Crippen molar-refractivity contribution in [3.8, 4) is 17.5 Å². The lowest BCUT2D eigenvalue weighted by Gasteiger charge is -2.09. The maximum atomic E-state index is 8.77. The molecule has 0 aliphatic heterocycles. The van der Waals surface area contributed by atoms with Gasteiger partial charge in [-0.25, -0.2) is 9.97 Å². The maximum absolute atomic E-state index is 8.77. The van der Waals surface area contributed by atoms with E-state index in [9.17, 15) is 0 Å². The Balaban J connectivity index is 2.17. The number of nitrogens with zero attached hydrogens (tertiary/aromatic N) is 4. The van der Waals surface area contributed by atoms with Crippen molar-refractivity contribution in [2.24, 2.45) is 0 Å². The van der Waals surface area contributed by atoms with Crippen LogP contribution in [0.5, 0.6) is 0 Å². The molecule has 3 aromatic rings. The first-order chi connectivity index (χ1) is 10.7. The summed E-state index contributed by atoms with van der Waals surface area (Å²) in [5.41, 5.74) is 3.82. The Morgan fingerprint density at radius 2 is 2.14 bits per heavy atom. The molecule has 0 radical (unpaired) electrons. The van der Waals surface area contributed by atoms with Crippen molar-refractivity contribution in [2.75, 3.05) is 0 Å². The minimum atomic E-state index is 0.514.